The first kappa shape index (κ1) is 24.1. The fraction of sp³-hybridized carbons (Fsp3) is 0.375. The van der Waals surface area contributed by atoms with Crippen LogP contribution >= 0.6 is 0 Å². The maximum Gasteiger partial charge on any atom is 0.408 e. The number of carbonyl (C=O) groups is 3. The third-order valence-corrected chi connectivity index (χ3v) is 5.30. The molecule has 2 atom stereocenters. The summed E-state index contributed by atoms with van der Waals surface area (Å²) in [5.74, 6) is -0.646. The molecule has 1 saturated heterocycles. The van der Waals surface area contributed by atoms with Crippen LogP contribution in [0, 0.1) is 5.92 Å². The predicted molar refractivity (Wildman–Crippen MR) is 119 cm³/mol. The monoisotopic (exact) mass is 456 g/mol. The maximum absolute atomic E-state index is 13.0. The minimum absolute atomic E-state index is 0.0738. The lowest BCUT2D eigenvalue weighted by atomic mass is 9.96. The zero-order valence-corrected chi connectivity index (χ0v) is 18.6. The van der Waals surface area contributed by atoms with Gasteiger partial charge in [0, 0.05) is 12.3 Å². The number of alkyl carbamates (subject to hydrolysis) is 1. The lowest BCUT2D eigenvalue weighted by Gasteiger charge is -2.33. The van der Waals surface area contributed by atoms with Crippen molar-refractivity contribution in [3.05, 3.63) is 65.7 Å². The number of rotatable bonds is 10. The van der Waals surface area contributed by atoms with Crippen LogP contribution in [0.2, 0.25) is 0 Å². The Kier molecular flexibility index (Phi) is 8.65. The molecule has 0 radical (unpaired) electrons. The highest BCUT2D eigenvalue weighted by molar-refractivity contribution is 5.90. The van der Waals surface area contributed by atoms with Crippen LogP contribution in [0.1, 0.15) is 11.1 Å². The summed E-state index contributed by atoms with van der Waals surface area (Å²) in [6.45, 7) is 0.710. The largest absolute Gasteiger partial charge is 0.497 e. The van der Waals surface area contributed by atoms with E-state index in [1.807, 2.05) is 30.3 Å². The average Bonchev–Trinajstić information content (AvgIpc) is 2.81. The molecule has 0 bridgehead atoms. The minimum Gasteiger partial charge on any atom is -0.497 e. The lowest BCUT2D eigenvalue weighted by molar-refractivity contribution is -0.146. The second-order valence-corrected chi connectivity index (χ2v) is 7.62. The van der Waals surface area contributed by atoms with Gasteiger partial charge in [-0.25, -0.2) is 9.59 Å². The average molecular weight is 456 g/mol. The molecule has 0 saturated carbocycles. The fourth-order valence-electron chi connectivity index (χ4n) is 3.33. The summed E-state index contributed by atoms with van der Waals surface area (Å²) in [4.78, 5) is 37.7. The zero-order valence-electron chi connectivity index (χ0n) is 18.6. The zero-order chi connectivity index (χ0) is 23.6. The van der Waals surface area contributed by atoms with E-state index in [1.165, 1.54) is 7.11 Å². The topological polar surface area (TPSA) is 112 Å². The SMILES string of the molecule is COC(=O)C(Cc1ccc(OC)cc1)NC(=O)C(NC(=O)OCc1ccccc1)C1COC1. The summed E-state index contributed by atoms with van der Waals surface area (Å²) in [7, 11) is 2.82. The standard InChI is InChI=1S/C24H28N2O7/c1-30-19-10-8-16(9-11-19)12-20(23(28)31-2)25-22(27)21(18-14-32-15-18)26-24(29)33-13-17-6-4-3-5-7-17/h3-11,18,20-21H,12-15H2,1-2H3,(H,25,27)(H,26,29). The number of ether oxygens (including phenoxy) is 4. The molecule has 9 nitrogen and oxygen atoms in total. The van der Waals surface area contributed by atoms with Crippen molar-refractivity contribution in [2.24, 2.45) is 5.92 Å². The Bertz CT molecular complexity index is 930. The molecular formula is C24H28N2O7. The normalized spacial score (nSPS) is 14.8. The van der Waals surface area contributed by atoms with Gasteiger partial charge >= 0.3 is 12.1 Å². The summed E-state index contributed by atoms with van der Waals surface area (Å²) in [6.07, 6.45) is -0.509. The smallest absolute Gasteiger partial charge is 0.408 e. The van der Waals surface area contributed by atoms with Gasteiger partial charge in [0.05, 0.1) is 27.4 Å². The number of methoxy groups -OCH3 is 2. The molecule has 1 aliphatic rings. The van der Waals surface area contributed by atoms with Gasteiger partial charge in [-0.3, -0.25) is 4.79 Å². The van der Waals surface area contributed by atoms with E-state index < -0.39 is 30.1 Å². The van der Waals surface area contributed by atoms with Crippen LogP contribution in [0.25, 0.3) is 0 Å². The van der Waals surface area contributed by atoms with E-state index in [2.05, 4.69) is 10.6 Å². The van der Waals surface area contributed by atoms with E-state index in [-0.39, 0.29) is 18.9 Å². The Labute approximate surface area is 192 Å². The van der Waals surface area contributed by atoms with Gasteiger partial charge in [0.25, 0.3) is 0 Å². The first-order chi connectivity index (χ1) is 16.0. The Balaban J connectivity index is 1.63. The highest BCUT2D eigenvalue weighted by atomic mass is 16.5. The maximum atomic E-state index is 13.0. The molecule has 0 spiro atoms. The summed E-state index contributed by atoms with van der Waals surface area (Å²) in [6, 6.07) is 14.5. The van der Waals surface area contributed by atoms with Crippen LogP contribution in [-0.2, 0) is 36.8 Å². The number of hydrogen-bond donors (Lipinski definition) is 2. The van der Waals surface area contributed by atoms with E-state index in [0.29, 0.717) is 19.0 Å². The van der Waals surface area contributed by atoms with Gasteiger partial charge in [0.2, 0.25) is 5.91 Å². The molecule has 0 aliphatic carbocycles. The van der Waals surface area contributed by atoms with Crippen molar-refractivity contribution < 1.29 is 33.3 Å². The summed E-state index contributed by atoms with van der Waals surface area (Å²) in [5, 5.41) is 5.31. The number of nitrogens with one attached hydrogen (secondary N) is 2. The van der Waals surface area contributed by atoms with Crippen LogP contribution < -0.4 is 15.4 Å². The quantitative estimate of drug-likeness (QED) is 0.525. The number of carbonyl (C=O) groups excluding carboxylic acids is 3. The van der Waals surface area contributed by atoms with Crippen LogP contribution in [0.4, 0.5) is 4.79 Å². The lowest BCUT2D eigenvalue weighted by Crippen LogP contribution is -2.58. The summed E-state index contributed by atoms with van der Waals surface area (Å²) >= 11 is 0. The summed E-state index contributed by atoms with van der Waals surface area (Å²) < 4.78 is 20.4. The van der Waals surface area contributed by atoms with Gasteiger partial charge in [-0.05, 0) is 23.3 Å². The van der Waals surface area contributed by atoms with E-state index in [1.54, 1.807) is 31.4 Å². The molecule has 2 amide bonds. The molecule has 2 aromatic rings. The van der Waals surface area contributed by atoms with Gasteiger partial charge in [0.15, 0.2) is 0 Å². The molecule has 2 aromatic carbocycles. The van der Waals surface area contributed by atoms with E-state index in [9.17, 15) is 14.4 Å². The molecule has 1 aliphatic heterocycles. The van der Waals surface area contributed by atoms with Crippen molar-refractivity contribution in [3.63, 3.8) is 0 Å². The Morgan fingerprint density at radius 2 is 1.67 bits per heavy atom. The summed E-state index contributed by atoms with van der Waals surface area (Å²) in [5.41, 5.74) is 1.64. The molecule has 1 heterocycles. The molecule has 33 heavy (non-hydrogen) atoms. The van der Waals surface area contributed by atoms with Gasteiger partial charge in [-0.2, -0.15) is 0 Å². The fourth-order valence-corrected chi connectivity index (χ4v) is 3.33. The first-order valence-electron chi connectivity index (χ1n) is 10.6. The first-order valence-corrected chi connectivity index (χ1v) is 10.6. The predicted octanol–water partition coefficient (Wildman–Crippen LogP) is 1.84. The van der Waals surface area contributed by atoms with Crippen LogP contribution in [-0.4, -0.2) is 57.5 Å². The molecule has 0 aromatic heterocycles. The number of amides is 2. The number of benzene rings is 2. The minimum atomic E-state index is -0.929. The van der Waals surface area contributed by atoms with Gasteiger partial charge in [0.1, 0.15) is 24.4 Å². The Morgan fingerprint density at radius 1 is 0.970 bits per heavy atom. The second-order valence-electron chi connectivity index (χ2n) is 7.62. The van der Waals surface area contributed by atoms with E-state index >= 15 is 0 Å². The van der Waals surface area contributed by atoms with Gasteiger partial charge in [-0.15, -0.1) is 0 Å². The second kappa shape index (κ2) is 11.9. The van der Waals surface area contributed by atoms with Crippen molar-refractivity contribution in [1.29, 1.82) is 0 Å². The Morgan fingerprint density at radius 3 is 2.24 bits per heavy atom. The van der Waals surface area contributed by atoms with Gasteiger partial charge in [-0.1, -0.05) is 42.5 Å². The highest BCUT2D eigenvalue weighted by Gasteiger charge is 2.37. The van der Waals surface area contributed by atoms with Crippen molar-refractivity contribution in [2.45, 2.75) is 25.1 Å². The van der Waals surface area contributed by atoms with Crippen molar-refractivity contribution in [1.82, 2.24) is 10.6 Å². The third kappa shape index (κ3) is 6.95. The molecule has 176 valence electrons. The van der Waals surface area contributed by atoms with E-state index in [0.717, 1.165) is 11.1 Å². The molecule has 2 N–H and O–H groups in total. The van der Waals surface area contributed by atoms with Crippen molar-refractivity contribution >= 4 is 18.0 Å². The van der Waals surface area contributed by atoms with Crippen LogP contribution in [0.5, 0.6) is 5.75 Å². The van der Waals surface area contributed by atoms with Gasteiger partial charge < -0.3 is 29.6 Å². The number of esters is 1. The molecule has 2 unspecified atom stereocenters. The molecule has 1 fully saturated rings. The molecule has 9 heteroatoms. The third-order valence-electron chi connectivity index (χ3n) is 5.30. The molecule has 3 rings (SSSR count). The Hall–Kier alpha value is -3.59. The number of hydrogen-bond acceptors (Lipinski definition) is 7. The van der Waals surface area contributed by atoms with Crippen molar-refractivity contribution in [3.8, 4) is 5.75 Å². The van der Waals surface area contributed by atoms with E-state index in [4.69, 9.17) is 18.9 Å². The van der Waals surface area contributed by atoms with Crippen molar-refractivity contribution in [2.75, 3.05) is 27.4 Å². The van der Waals surface area contributed by atoms with Crippen LogP contribution in [0.15, 0.2) is 54.6 Å². The highest BCUT2D eigenvalue weighted by Crippen LogP contribution is 2.17. The molecular weight excluding hydrogens is 428 g/mol. The van der Waals surface area contributed by atoms with Crippen LogP contribution in [0.3, 0.4) is 0 Å².